The zero-order valence-corrected chi connectivity index (χ0v) is 17.2. The molecule has 158 valence electrons. The van der Waals surface area contributed by atoms with Crippen LogP contribution in [0.3, 0.4) is 0 Å². The van der Waals surface area contributed by atoms with Crippen LogP contribution in [0.15, 0.2) is 48.5 Å². The van der Waals surface area contributed by atoms with E-state index in [1.165, 1.54) is 6.42 Å². The summed E-state index contributed by atoms with van der Waals surface area (Å²) >= 11 is 0. The van der Waals surface area contributed by atoms with E-state index in [4.69, 9.17) is 14.2 Å². The van der Waals surface area contributed by atoms with Crippen molar-refractivity contribution in [2.75, 3.05) is 11.9 Å². The molecule has 1 heterocycles. The maximum atomic E-state index is 12.4. The van der Waals surface area contributed by atoms with Crippen LogP contribution in [0.5, 0.6) is 11.5 Å². The fraction of sp³-hybridized carbons (Fsp3) is 0.417. The Labute approximate surface area is 176 Å². The lowest BCUT2D eigenvalue weighted by Gasteiger charge is -2.31. The van der Waals surface area contributed by atoms with Crippen molar-refractivity contribution in [3.8, 4) is 11.5 Å². The monoisotopic (exact) mass is 409 g/mol. The third kappa shape index (κ3) is 4.42. The Hall–Kier alpha value is -3.02. The Balaban J connectivity index is 1.32. The van der Waals surface area contributed by atoms with Crippen LogP contribution in [0, 0.1) is 0 Å². The number of anilines is 1. The van der Waals surface area contributed by atoms with Gasteiger partial charge in [-0.25, -0.2) is 0 Å². The van der Waals surface area contributed by atoms with E-state index >= 15 is 0 Å². The first kappa shape index (κ1) is 20.3. The van der Waals surface area contributed by atoms with Crippen molar-refractivity contribution >= 4 is 17.6 Å². The molecule has 0 bridgehead atoms. The minimum atomic E-state index is -0.550. The second-order valence-electron chi connectivity index (χ2n) is 7.86. The topological polar surface area (TPSA) is 73.9 Å². The predicted octanol–water partition coefficient (Wildman–Crippen LogP) is 4.79. The number of carbonyl (C=O) groups excluding carboxylic acids is 2. The molecule has 0 radical (unpaired) electrons. The maximum Gasteiger partial charge on any atom is 0.313 e. The lowest BCUT2D eigenvalue weighted by Crippen LogP contribution is -2.40. The van der Waals surface area contributed by atoms with Crippen LogP contribution in [-0.2, 0) is 14.3 Å². The SMILES string of the molecule is CC[C@@H](C(=O)OCC(=O)Nc1ccc2c(c1)OC1(CCCCC1)O2)c1ccccc1. The van der Waals surface area contributed by atoms with Crippen LogP contribution >= 0.6 is 0 Å². The number of nitrogens with one attached hydrogen (secondary N) is 1. The van der Waals surface area contributed by atoms with Gasteiger partial charge in [0.25, 0.3) is 11.7 Å². The highest BCUT2D eigenvalue weighted by Gasteiger charge is 2.42. The average Bonchev–Trinajstić information content (AvgIpc) is 3.10. The van der Waals surface area contributed by atoms with Crippen molar-refractivity contribution in [1.29, 1.82) is 0 Å². The summed E-state index contributed by atoms with van der Waals surface area (Å²) in [6.45, 7) is 1.59. The van der Waals surface area contributed by atoms with Crippen LogP contribution in [-0.4, -0.2) is 24.3 Å². The zero-order valence-electron chi connectivity index (χ0n) is 17.2. The predicted molar refractivity (Wildman–Crippen MR) is 113 cm³/mol. The molecule has 2 aromatic carbocycles. The molecule has 1 spiro atoms. The van der Waals surface area contributed by atoms with Gasteiger partial charge < -0.3 is 19.5 Å². The molecule has 1 aliphatic heterocycles. The van der Waals surface area contributed by atoms with Crippen molar-refractivity contribution in [2.45, 2.75) is 57.2 Å². The minimum Gasteiger partial charge on any atom is -0.455 e. The van der Waals surface area contributed by atoms with E-state index in [0.29, 0.717) is 23.6 Å². The quantitative estimate of drug-likeness (QED) is 0.694. The van der Waals surface area contributed by atoms with E-state index in [0.717, 1.165) is 31.2 Å². The summed E-state index contributed by atoms with van der Waals surface area (Å²) in [6.07, 6.45) is 5.73. The first-order valence-corrected chi connectivity index (χ1v) is 10.6. The van der Waals surface area contributed by atoms with Crippen LogP contribution in [0.4, 0.5) is 5.69 Å². The molecule has 0 aromatic heterocycles. The minimum absolute atomic E-state index is 0.333. The van der Waals surface area contributed by atoms with Crippen molar-refractivity contribution in [3.63, 3.8) is 0 Å². The van der Waals surface area contributed by atoms with E-state index in [1.807, 2.05) is 43.3 Å². The molecule has 6 nitrogen and oxygen atoms in total. The van der Waals surface area contributed by atoms with E-state index in [9.17, 15) is 9.59 Å². The van der Waals surface area contributed by atoms with Crippen molar-refractivity contribution < 1.29 is 23.8 Å². The Morgan fingerprint density at radius 3 is 2.50 bits per heavy atom. The number of amides is 1. The van der Waals surface area contributed by atoms with Crippen molar-refractivity contribution in [3.05, 3.63) is 54.1 Å². The number of ether oxygens (including phenoxy) is 3. The van der Waals surface area contributed by atoms with E-state index in [-0.39, 0.29) is 12.5 Å². The molecule has 1 saturated carbocycles. The summed E-state index contributed by atoms with van der Waals surface area (Å²) in [5.74, 6) is -0.375. The zero-order chi connectivity index (χ0) is 21.0. The lowest BCUT2D eigenvalue weighted by molar-refractivity contribution is -0.149. The van der Waals surface area contributed by atoms with Gasteiger partial charge >= 0.3 is 5.97 Å². The largest absolute Gasteiger partial charge is 0.455 e. The van der Waals surface area contributed by atoms with Gasteiger partial charge in [0.2, 0.25) is 0 Å². The standard InChI is InChI=1S/C24H27NO5/c1-2-19(17-9-5-3-6-10-17)23(27)28-16-22(26)25-18-11-12-20-21(15-18)30-24(29-20)13-7-4-8-14-24/h3,5-6,9-12,15,19H,2,4,7-8,13-14,16H2,1H3,(H,25,26)/t19-/m1/s1. The molecule has 2 aromatic rings. The molecular formula is C24H27NO5. The second-order valence-corrected chi connectivity index (χ2v) is 7.86. The van der Waals surface area contributed by atoms with Gasteiger partial charge in [-0.05, 0) is 37.0 Å². The fourth-order valence-electron chi connectivity index (χ4n) is 4.12. The molecule has 1 atom stereocenters. The van der Waals surface area contributed by atoms with E-state index < -0.39 is 17.7 Å². The van der Waals surface area contributed by atoms with E-state index in [1.54, 1.807) is 12.1 Å². The first-order valence-electron chi connectivity index (χ1n) is 10.6. The van der Waals surface area contributed by atoms with Crippen molar-refractivity contribution in [2.24, 2.45) is 0 Å². The molecule has 1 fully saturated rings. The van der Waals surface area contributed by atoms with Crippen LogP contribution in [0.2, 0.25) is 0 Å². The Morgan fingerprint density at radius 1 is 1.03 bits per heavy atom. The number of hydrogen-bond donors (Lipinski definition) is 1. The maximum absolute atomic E-state index is 12.4. The summed E-state index contributed by atoms with van der Waals surface area (Å²) < 4.78 is 17.4. The number of carbonyl (C=O) groups is 2. The fourth-order valence-corrected chi connectivity index (χ4v) is 4.12. The van der Waals surface area contributed by atoms with Gasteiger partial charge in [-0.15, -0.1) is 0 Å². The summed E-state index contributed by atoms with van der Waals surface area (Å²) in [6, 6.07) is 14.8. The molecule has 6 heteroatoms. The molecule has 1 amide bonds. The Morgan fingerprint density at radius 2 is 1.77 bits per heavy atom. The summed E-state index contributed by atoms with van der Waals surface area (Å²) in [5, 5.41) is 2.76. The second kappa shape index (κ2) is 8.78. The molecular weight excluding hydrogens is 382 g/mol. The van der Waals surface area contributed by atoms with Gasteiger partial charge in [0.1, 0.15) is 0 Å². The molecule has 2 aliphatic rings. The van der Waals surface area contributed by atoms with Crippen LogP contribution < -0.4 is 14.8 Å². The normalized spacial score (nSPS) is 17.4. The van der Waals surface area contributed by atoms with Gasteiger partial charge in [0.05, 0.1) is 5.92 Å². The van der Waals surface area contributed by atoms with Gasteiger partial charge in [-0.2, -0.15) is 0 Å². The number of hydrogen-bond acceptors (Lipinski definition) is 5. The Kier molecular flexibility index (Phi) is 5.93. The molecule has 4 rings (SSSR count). The Bertz CT molecular complexity index is 905. The smallest absolute Gasteiger partial charge is 0.313 e. The molecule has 0 unspecified atom stereocenters. The van der Waals surface area contributed by atoms with Crippen LogP contribution in [0.25, 0.3) is 0 Å². The van der Waals surface area contributed by atoms with Gasteiger partial charge in [-0.1, -0.05) is 43.7 Å². The van der Waals surface area contributed by atoms with Crippen molar-refractivity contribution in [1.82, 2.24) is 0 Å². The molecule has 30 heavy (non-hydrogen) atoms. The average molecular weight is 409 g/mol. The highest BCUT2D eigenvalue weighted by molar-refractivity contribution is 5.93. The van der Waals surface area contributed by atoms with Crippen LogP contribution in [0.1, 0.15) is 56.9 Å². The van der Waals surface area contributed by atoms with Gasteiger partial charge in [0.15, 0.2) is 18.1 Å². The molecule has 1 N–H and O–H groups in total. The van der Waals surface area contributed by atoms with Gasteiger partial charge in [0, 0.05) is 24.6 Å². The number of fused-ring (bicyclic) bond motifs is 1. The third-order valence-corrected chi connectivity index (χ3v) is 5.67. The number of benzene rings is 2. The van der Waals surface area contributed by atoms with E-state index in [2.05, 4.69) is 5.32 Å². The highest BCUT2D eigenvalue weighted by atomic mass is 16.7. The van der Waals surface area contributed by atoms with Gasteiger partial charge in [-0.3, -0.25) is 9.59 Å². The third-order valence-electron chi connectivity index (χ3n) is 5.67. The summed E-state index contributed by atoms with van der Waals surface area (Å²) in [7, 11) is 0. The lowest BCUT2D eigenvalue weighted by atomic mass is 9.94. The highest BCUT2D eigenvalue weighted by Crippen LogP contribution is 2.46. The molecule has 0 saturated heterocycles. The summed E-state index contributed by atoms with van der Waals surface area (Å²) in [4.78, 5) is 24.7. The number of rotatable bonds is 6. The first-order chi connectivity index (χ1) is 14.6. The summed E-state index contributed by atoms with van der Waals surface area (Å²) in [5.41, 5.74) is 1.47. The number of esters is 1. The molecule has 1 aliphatic carbocycles.